The number of fused-ring (bicyclic) bond motifs is 1. The topological polar surface area (TPSA) is 133 Å². The minimum atomic E-state index is -4.99. The van der Waals surface area contributed by atoms with Gasteiger partial charge in [0.1, 0.15) is 5.75 Å². The molecular formula is C11H8F3N3O4S. The van der Waals surface area contributed by atoms with E-state index >= 15 is 0 Å². The van der Waals surface area contributed by atoms with Crippen molar-refractivity contribution in [2.24, 2.45) is 16.5 Å². The van der Waals surface area contributed by atoms with Gasteiger partial charge in [-0.15, -0.1) is 0 Å². The molecule has 0 saturated heterocycles. The molecule has 1 aromatic carbocycles. The molecule has 0 atom stereocenters. The fourth-order valence-electron chi connectivity index (χ4n) is 1.97. The summed E-state index contributed by atoms with van der Waals surface area (Å²) in [7, 11) is -4.08. The van der Waals surface area contributed by atoms with Gasteiger partial charge in [-0.1, -0.05) is 0 Å². The number of benzene rings is 1. The van der Waals surface area contributed by atoms with Gasteiger partial charge in [0.25, 0.3) is 5.91 Å². The minimum absolute atomic E-state index is 0.331. The van der Waals surface area contributed by atoms with E-state index in [9.17, 15) is 31.2 Å². The van der Waals surface area contributed by atoms with Crippen molar-refractivity contribution in [2.45, 2.75) is 11.1 Å². The first kappa shape index (κ1) is 15.9. The number of nitrogens with two attached hydrogens (primary N) is 2. The van der Waals surface area contributed by atoms with Gasteiger partial charge in [0.15, 0.2) is 21.6 Å². The van der Waals surface area contributed by atoms with E-state index in [4.69, 9.17) is 11.5 Å². The third kappa shape index (κ3) is 2.66. The van der Waals surface area contributed by atoms with Crippen molar-refractivity contribution in [3.63, 3.8) is 0 Å². The first-order chi connectivity index (χ1) is 9.93. The van der Waals surface area contributed by atoms with Crippen LogP contribution < -0.4 is 11.5 Å². The lowest BCUT2D eigenvalue weighted by molar-refractivity contribution is -0.138. The van der Waals surface area contributed by atoms with E-state index in [0.717, 1.165) is 0 Å². The highest BCUT2D eigenvalue weighted by molar-refractivity contribution is 7.92. The summed E-state index contributed by atoms with van der Waals surface area (Å²) in [6, 6.07) is 0.810. The Labute approximate surface area is 121 Å². The third-order valence-electron chi connectivity index (χ3n) is 2.84. The number of ketones is 1. The van der Waals surface area contributed by atoms with E-state index in [0.29, 0.717) is 12.1 Å². The number of hydrogen-bond donors (Lipinski definition) is 2. The number of alkyl halides is 3. The van der Waals surface area contributed by atoms with Gasteiger partial charge in [-0.2, -0.15) is 18.2 Å². The van der Waals surface area contributed by atoms with Crippen molar-refractivity contribution < 1.29 is 31.2 Å². The number of nitrogens with zero attached hydrogens (tertiary/aromatic N) is 1. The molecule has 22 heavy (non-hydrogen) atoms. The van der Waals surface area contributed by atoms with Crippen LogP contribution in [0.25, 0.3) is 0 Å². The van der Waals surface area contributed by atoms with E-state index in [1.54, 1.807) is 0 Å². The summed E-state index contributed by atoms with van der Waals surface area (Å²) in [6.45, 7) is 0. The van der Waals surface area contributed by atoms with Crippen LogP contribution in [0.5, 0.6) is 0 Å². The molecule has 1 aliphatic heterocycles. The van der Waals surface area contributed by atoms with Gasteiger partial charge in [0.2, 0.25) is 0 Å². The normalized spacial score (nSPS) is 16.2. The molecule has 118 valence electrons. The molecule has 0 aliphatic carbocycles. The van der Waals surface area contributed by atoms with Crippen LogP contribution in [0.15, 0.2) is 22.0 Å². The number of rotatable bonds is 1. The Morgan fingerprint density at radius 1 is 1.23 bits per heavy atom. The van der Waals surface area contributed by atoms with Crippen molar-refractivity contribution in [1.29, 1.82) is 0 Å². The molecule has 1 aromatic rings. The molecule has 0 aromatic heterocycles. The molecule has 0 bridgehead atoms. The fourth-order valence-corrected chi connectivity index (χ4v) is 3.43. The van der Waals surface area contributed by atoms with Gasteiger partial charge in [0, 0.05) is 5.56 Å². The molecule has 2 rings (SSSR count). The van der Waals surface area contributed by atoms with Gasteiger partial charge in [-0.05, 0) is 12.1 Å². The number of amides is 1. The molecule has 4 N–H and O–H groups in total. The number of Topliss-reactive ketones (excluding diaryl/α,β-unsaturated/α-hetero) is 1. The quantitative estimate of drug-likeness (QED) is 0.552. The molecular weight excluding hydrogens is 327 g/mol. The predicted octanol–water partition coefficient (Wildman–Crippen LogP) is 0.0890. The second-order valence-corrected chi connectivity index (χ2v) is 6.37. The Morgan fingerprint density at radius 2 is 1.82 bits per heavy atom. The van der Waals surface area contributed by atoms with Crippen molar-refractivity contribution in [3.05, 3.63) is 28.8 Å². The molecule has 1 aliphatic rings. The number of guanidine groups is 1. The maximum Gasteiger partial charge on any atom is 0.417 e. The van der Waals surface area contributed by atoms with Crippen LogP contribution in [-0.2, 0) is 16.0 Å². The molecule has 0 unspecified atom stereocenters. The highest BCUT2D eigenvalue weighted by Crippen LogP contribution is 2.37. The standard InChI is InChI=1S/C11H8F3N3O4S/c12-11(13,14)6-1-5-7(18)3-22(20,21)8(5)2-4(6)9(19)17-10(15)16/h1-2H,3H2,(H4,15,16,17,19). The van der Waals surface area contributed by atoms with E-state index < -0.39 is 61.0 Å². The lowest BCUT2D eigenvalue weighted by atomic mass is 10.0. The largest absolute Gasteiger partial charge is 0.417 e. The van der Waals surface area contributed by atoms with Crippen LogP contribution in [0.3, 0.4) is 0 Å². The first-order valence-electron chi connectivity index (χ1n) is 5.58. The monoisotopic (exact) mass is 335 g/mol. The second-order valence-electron chi connectivity index (χ2n) is 4.42. The third-order valence-corrected chi connectivity index (χ3v) is 4.49. The summed E-state index contributed by atoms with van der Waals surface area (Å²) in [6.07, 6.45) is -4.99. The van der Waals surface area contributed by atoms with Crippen LogP contribution in [0.2, 0.25) is 0 Å². The molecule has 0 saturated carbocycles. The summed E-state index contributed by atoms with van der Waals surface area (Å²) in [4.78, 5) is 25.5. The van der Waals surface area contributed by atoms with Crippen molar-refractivity contribution in [3.8, 4) is 0 Å². The molecule has 1 heterocycles. The summed E-state index contributed by atoms with van der Waals surface area (Å²) in [5.41, 5.74) is 6.74. The Morgan fingerprint density at radius 3 is 2.32 bits per heavy atom. The molecule has 0 spiro atoms. The number of aliphatic imine (C=N–C) groups is 1. The number of carbonyl (C=O) groups is 2. The predicted molar refractivity (Wildman–Crippen MR) is 68.0 cm³/mol. The smallest absolute Gasteiger partial charge is 0.370 e. The van der Waals surface area contributed by atoms with Gasteiger partial charge >= 0.3 is 6.18 Å². The van der Waals surface area contributed by atoms with E-state index in [-0.39, 0.29) is 0 Å². The Kier molecular flexibility index (Phi) is 3.48. The molecule has 11 heteroatoms. The van der Waals surface area contributed by atoms with Crippen LogP contribution in [0.4, 0.5) is 13.2 Å². The maximum absolute atomic E-state index is 13.0. The average molecular weight is 335 g/mol. The fraction of sp³-hybridized carbons (Fsp3) is 0.182. The highest BCUT2D eigenvalue weighted by Gasteiger charge is 2.41. The van der Waals surface area contributed by atoms with Crippen molar-refractivity contribution >= 4 is 27.5 Å². The molecule has 7 nitrogen and oxygen atoms in total. The zero-order valence-corrected chi connectivity index (χ0v) is 11.5. The zero-order valence-electron chi connectivity index (χ0n) is 10.6. The Balaban J connectivity index is 2.81. The SMILES string of the molecule is NC(N)=NC(=O)c1cc2c(cc1C(F)(F)F)C(=O)CS2(=O)=O. The number of carbonyl (C=O) groups excluding carboxylic acids is 2. The van der Waals surface area contributed by atoms with Gasteiger partial charge in [0.05, 0.1) is 16.0 Å². The number of halogens is 3. The van der Waals surface area contributed by atoms with Crippen LogP contribution in [0.1, 0.15) is 26.3 Å². The summed E-state index contributed by atoms with van der Waals surface area (Å²) >= 11 is 0. The second kappa shape index (κ2) is 4.80. The Hall–Kier alpha value is -2.43. The summed E-state index contributed by atoms with van der Waals surface area (Å²) in [5, 5.41) is 0. The van der Waals surface area contributed by atoms with Crippen molar-refractivity contribution in [2.75, 3.05) is 5.75 Å². The minimum Gasteiger partial charge on any atom is -0.370 e. The first-order valence-corrected chi connectivity index (χ1v) is 7.24. The molecule has 0 radical (unpaired) electrons. The van der Waals surface area contributed by atoms with E-state index in [1.807, 2.05) is 0 Å². The Bertz CT molecular complexity index is 824. The zero-order chi connectivity index (χ0) is 16.9. The van der Waals surface area contributed by atoms with Crippen LogP contribution in [0, 0.1) is 0 Å². The maximum atomic E-state index is 13.0. The van der Waals surface area contributed by atoms with Gasteiger partial charge in [-0.25, -0.2) is 8.42 Å². The molecule has 0 fully saturated rings. The van der Waals surface area contributed by atoms with Crippen LogP contribution in [-0.4, -0.2) is 31.8 Å². The lowest BCUT2D eigenvalue weighted by Crippen LogP contribution is -2.25. The lowest BCUT2D eigenvalue weighted by Gasteiger charge is -2.12. The number of sulfone groups is 1. The van der Waals surface area contributed by atoms with Gasteiger partial charge in [-0.3, -0.25) is 9.59 Å². The van der Waals surface area contributed by atoms with E-state index in [1.165, 1.54) is 0 Å². The van der Waals surface area contributed by atoms with Gasteiger partial charge < -0.3 is 11.5 Å². The van der Waals surface area contributed by atoms with Crippen LogP contribution >= 0.6 is 0 Å². The highest BCUT2D eigenvalue weighted by atomic mass is 32.2. The average Bonchev–Trinajstić information content (AvgIpc) is 2.56. The van der Waals surface area contributed by atoms with Crippen molar-refractivity contribution in [1.82, 2.24) is 0 Å². The summed E-state index contributed by atoms with van der Waals surface area (Å²) in [5.74, 6) is -4.15. The summed E-state index contributed by atoms with van der Waals surface area (Å²) < 4.78 is 62.5. The van der Waals surface area contributed by atoms with E-state index in [2.05, 4.69) is 4.99 Å². The molecule has 1 amide bonds. The number of hydrogen-bond acceptors (Lipinski definition) is 4.